The number of carbonyl (C=O) groups excluding carboxylic acids is 1. The summed E-state index contributed by atoms with van der Waals surface area (Å²) < 4.78 is 25.6. The van der Waals surface area contributed by atoms with Crippen LogP contribution in [0.15, 0.2) is 36.4 Å². The normalized spacial score (nSPS) is 21.7. The highest BCUT2D eigenvalue weighted by Gasteiger charge is 2.33. The Balaban J connectivity index is 1.30. The van der Waals surface area contributed by atoms with Crippen LogP contribution < -0.4 is 19.7 Å². The van der Waals surface area contributed by atoms with Gasteiger partial charge in [0.15, 0.2) is 17.3 Å². The number of hydrogen-bond acceptors (Lipinski definition) is 6. The first-order valence-electron chi connectivity index (χ1n) is 12.3. The van der Waals surface area contributed by atoms with Crippen LogP contribution in [-0.4, -0.2) is 67.9 Å². The molecule has 0 radical (unpaired) electrons. The SMILES string of the molecule is O=C(N[C@H](CN1CCCC1)[C@H](O)c1cc(F)c2c(c1)OCCO2)C1CCN(c2ccc(Cl)cc2)C1. The second kappa shape index (κ2) is 10.6. The summed E-state index contributed by atoms with van der Waals surface area (Å²) in [5.41, 5.74) is 1.40. The molecule has 0 aliphatic carbocycles. The van der Waals surface area contributed by atoms with Crippen LogP contribution in [0.1, 0.15) is 30.9 Å². The van der Waals surface area contributed by atoms with Gasteiger partial charge in [-0.1, -0.05) is 11.6 Å². The van der Waals surface area contributed by atoms with Gasteiger partial charge in [-0.25, -0.2) is 4.39 Å². The predicted molar refractivity (Wildman–Crippen MR) is 132 cm³/mol. The van der Waals surface area contributed by atoms with Crippen molar-refractivity contribution in [2.24, 2.45) is 5.92 Å². The zero-order chi connectivity index (χ0) is 24.4. The van der Waals surface area contributed by atoms with E-state index in [1.807, 2.05) is 24.3 Å². The number of amides is 1. The molecule has 2 N–H and O–H groups in total. The van der Waals surface area contributed by atoms with E-state index in [1.54, 1.807) is 6.07 Å². The molecule has 0 aromatic heterocycles. The van der Waals surface area contributed by atoms with Crippen molar-refractivity contribution >= 4 is 23.2 Å². The standard InChI is InChI=1S/C26H31ClFN3O4/c27-19-3-5-20(6-4-19)31-10-7-17(15-31)26(33)29-22(16-30-8-1-2-9-30)24(32)18-13-21(28)25-23(14-18)34-11-12-35-25/h3-6,13-14,17,22,24,32H,1-2,7-12,15-16H2,(H,29,33)/t17?,22-,24-/m1/s1. The minimum Gasteiger partial charge on any atom is -0.486 e. The summed E-state index contributed by atoms with van der Waals surface area (Å²) in [5, 5.41) is 15.1. The highest BCUT2D eigenvalue weighted by molar-refractivity contribution is 6.30. The van der Waals surface area contributed by atoms with Gasteiger partial charge in [-0.3, -0.25) is 4.79 Å². The van der Waals surface area contributed by atoms with Gasteiger partial charge in [0.05, 0.1) is 12.0 Å². The van der Waals surface area contributed by atoms with Gasteiger partial charge in [-0.05, 0) is 74.3 Å². The number of aliphatic hydroxyl groups is 1. The van der Waals surface area contributed by atoms with E-state index < -0.39 is 18.0 Å². The van der Waals surface area contributed by atoms with Crippen molar-refractivity contribution in [3.8, 4) is 11.5 Å². The second-order valence-corrected chi connectivity index (χ2v) is 9.94. The molecule has 5 rings (SSSR count). The van der Waals surface area contributed by atoms with Crippen molar-refractivity contribution in [1.29, 1.82) is 0 Å². The fraction of sp³-hybridized carbons (Fsp3) is 0.500. The lowest BCUT2D eigenvalue weighted by Crippen LogP contribution is -2.48. The summed E-state index contributed by atoms with van der Waals surface area (Å²) in [7, 11) is 0. The van der Waals surface area contributed by atoms with Crippen molar-refractivity contribution in [2.45, 2.75) is 31.4 Å². The minimum atomic E-state index is -1.08. The van der Waals surface area contributed by atoms with Gasteiger partial charge < -0.3 is 29.7 Å². The third kappa shape index (κ3) is 5.50. The van der Waals surface area contributed by atoms with E-state index in [-0.39, 0.29) is 29.9 Å². The van der Waals surface area contributed by atoms with E-state index in [2.05, 4.69) is 15.1 Å². The quantitative estimate of drug-likeness (QED) is 0.603. The molecule has 3 aliphatic rings. The van der Waals surface area contributed by atoms with Gasteiger partial charge in [0.2, 0.25) is 5.91 Å². The summed E-state index contributed by atoms with van der Waals surface area (Å²) in [5.74, 6) is -0.512. The molecule has 2 saturated heterocycles. The van der Waals surface area contributed by atoms with Crippen LogP contribution >= 0.6 is 11.6 Å². The summed E-state index contributed by atoms with van der Waals surface area (Å²) in [6.45, 7) is 4.31. The summed E-state index contributed by atoms with van der Waals surface area (Å²) >= 11 is 6.01. The molecular formula is C26H31ClFN3O4. The molecule has 35 heavy (non-hydrogen) atoms. The number of nitrogens with one attached hydrogen (secondary N) is 1. The summed E-state index contributed by atoms with van der Waals surface area (Å²) in [4.78, 5) is 17.7. The van der Waals surface area contributed by atoms with Crippen LogP contribution in [0.25, 0.3) is 0 Å². The Morgan fingerprint density at radius 2 is 1.89 bits per heavy atom. The average molecular weight is 504 g/mol. The minimum absolute atomic E-state index is 0.0700. The number of rotatable bonds is 7. The van der Waals surface area contributed by atoms with Crippen LogP contribution in [-0.2, 0) is 4.79 Å². The lowest BCUT2D eigenvalue weighted by molar-refractivity contribution is -0.126. The molecule has 3 atom stereocenters. The number of fused-ring (bicyclic) bond motifs is 1. The molecule has 0 spiro atoms. The third-order valence-corrected chi connectivity index (χ3v) is 7.33. The Morgan fingerprint density at radius 1 is 1.14 bits per heavy atom. The van der Waals surface area contributed by atoms with Crippen molar-refractivity contribution in [3.63, 3.8) is 0 Å². The molecule has 2 aromatic rings. The van der Waals surface area contributed by atoms with Crippen LogP contribution in [0, 0.1) is 11.7 Å². The monoisotopic (exact) mass is 503 g/mol. The number of benzene rings is 2. The number of nitrogens with zero attached hydrogens (tertiary/aromatic N) is 2. The molecule has 2 aromatic carbocycles. The number of aliphatic hydroxyl groups excluding tert-OH is 1. The lowest BCUT2D eigenvalue weighted by atomic mass is 9.99. The molecule has 1 unspecified atom stereocenters. The fourth-order valence-electron chi connectivity index (χ4n) is 5.16. The molecule has 188 valence electrons. The molecule has 3 aliphatic heterocycles. The van der Waals surface area contributed by atoms with Gasteiger partial charge in [0.25, 0.3) is 0 Å². The maximum atomic E-state index is 14.7. The van der Waals surface area contributed by atoms with Gasteiger partial charge in [-0.15, -0.1) is 0 Å². The van der Waals surface area contributed by atoms with Gasteiger partial charge in [-0.2, -0.15) is 0 Å². The zero-order valence-electron chi connectivity index (χ0n) is 19.6. The maximum absolute atomic E-state index is 14.7. The molecular weight excluding hydrogens is 473 g/mol. The zero-order valence-corrected chi connectivity index (χ0v) is 20.3. The third-order valence-electron chi connectivity index (χ3n) is 7.07. The number of likely N-dealkylation sites (tertiary alicyclic amines) is 1. The summed E-state index contributed by atoms with van der Waals surface area (Å²) in [6, 6.07) is 9.92. The Kier molecular flexibility index (Phi) is 7.32. The number of ether oxygens (including phenoxy) is 2. The smallest absolute Gasteiger partial charge is 0.225 e. The van der Waals surface area contributed by atoms with Crippen molar-refractivity contribution < 1.29 is 23.8 Å². The van der Waals surface area contributed by atoms with Crippen molar-refractivity contribution in [2.75, 3.05) is 50.8 Å². The van der Waals surface area contributed by atoms with Crippen molar-refractivity contribution in [3.05, 3.63) is 52.8 Å². The molecule has 7 nitrogen and oxygen atoms in total. The molecule has 2 fully saturated rings. The average Bonchev–Trinajstić information content (AvgIpc) is 3.56. The van der Waals surface area contributed by atoms with E-state index in [4.69, 9.17) is 21.1 Å². The first-order chi connectivity index (χ1) is 17.0. The van der Waals surface area contributed by atoms with Crippen LogP contribution in [0.4, 0.5) is 10.1 Å². The number of halogens is 2. The van der Waals surface area contributed by atoms with E-state index in [1.165, 1.54) is 6.07 Å². The highest BCUT2D eigenvalue weighted by Crippen LogP contribution is 2.36. The number of carbonyl (C=O) groups is 1. The van der Waals surface area contributed by atoms with Crippen LogP contribution in [0.3, 0.4) is 0 Å². The predicted octanol–water partition coefficient (Wildman–Crippen LogP) is 3.39. The van der Waals surface area contributed by atoms with Gasteiger partial charge in [0.1, 0.15) is 19.3 Å². The highest BCUT2D eigenvalue weighted by atomic mass is 35.5. The first kappa shape index (κ1) is 24.2. The van der Waals surface area contributed by atoms with Crippen LogP contribution in [0.2, 0.25) is 5.02 Å². The number of hydrogen-bond donors (Lipinski definition) is 2. The van der Waals surface area contributed by atoms with E-state index in [0.717, 1.165) is 44.6 Å². The first-order valence-corrected chi connectivity index (χ1v) is 12.7. The summed E-state index contributed by atoms with van der Waals surface area (Å²) in [6.07, 6.45) is 1.82. The second-order valence-electron chi connectivity index (χ2n) is 9.50. The molecule has 3 heterocycles. The lowest BCUT2D eigenvalue weighted by Gasteiger charge is -2.30. The van der Waals surface area contributed by atoms with E-state index in [9.17, 15) is 14.3 Å². The van der Waals surface area contributed by atoms with E-state index in [0.29, 0.717) is 30.3 Å². The largest absolute Gasteiger partial charge is 0.486 e. The Hall–Kier alpha value is -2.55. The molecule has 0 saturated carbocycles. The number of anilines is 1. The van der Waals surface area contributed by atoms with Crippen LogP contribution in [0.5, 0.6) is 11.5 Å². The van der Waals surface area contributed by atoms with E-state index >= 15 is 0 Å². The van der Waals surface area contributed by atoms with Gasteiger partial charge in [0, 0.05) is 30.3 Å². The fourth-order valence-corrected chi connectivity index (χ4v) is 5.29. The maximum Gasteiger partial charge on any atom is 0.225 e. The van der Waals surface area contributed by atoms with Crippen molar-refractivity contribution in [1.82, 2.24) is 10.2 Å². The molecule has 1 amide bonds. The van der Waals surface area contributed by atoms with Gasteiger partial charge >= 0.3 is 0 Å². The topological polar surface area (TPSA) is 74.3 Å². The molecule has 0 bridgehead atoms. The Morgan fingerprint density at radius 3 is 2.66 bits per heavy atom. The Labute approximate surface area is 209 Å². The Bertz CT molecular complexity index is 1050. The molecule has 9 heteroatoms.